The normalized spacial score (nSPS) is 12.7. The van der Waals surface area contributed by atoms with Gasteiger partial charge >= 0.3 is 0 Å². The van der Waals surface area contributed by atoms with Crippen molar-refractivity contribution in [3.63, 3.8) is 0 Å². The molecule has 3 nitrogen and oxygen atoms in total. The van der Waals surface area contributed by atoms with E-state index in [-0.39, 0.29) is 6.04 Å². The minimum absolute atomic E-state index is 0.194. The molecule has 1 aromatic carbocycles. The molecule has 0 amide bonds. The largest absolute Gasteiger partial charge is 0.327 e. The Hall–Kier alpha value is -0.400. The van der Waals surface area contributed by atoms with Crippen molar-refractivity contribution < 1.29 is 0 Å². The third-order valence-corrected chi connectivity index (χ3v) is 3.90. The van der Waals surface area contributed by atoms with Gasteiger partial charge in [0.1, 0.15) is 0 Å². The summed E-state index contributed by atoms with van der Waals surface area (Å²) < 4.78 is 4.08. The molecule has 0 aliphatic carbocycles. The molecule has 1 unspecified atom stereocenters. The van der Waals surface area contributed by atoms with Crippen LogP contribution in [0.1, 0.15) is 18.9 Å². The molecule has 18 heavy (non-hydrogen) atoms. The van der Waals surface area contributed by atoms with Crippen LogP contribution in [-0.4, -0.2) is 15.8 Å². The average molecular weight is 420 g/mol. The molecule has 96 valence electrons. The highest BCUT2D eigenvalue weighted by Gasteiger charge is 2.10. The van der Waals surface area contributed by atoms with Crippen LogP contribution >= 0.6 is 38.5 Å². The Balaban J connectivity index is 2.40. The van der Waals surface area contributed by atoms with Gasteiger partial charge in [-0.25, -0.2) is 4.68 Å². The fraction of sp³-hybridized carbons (Fsp3) is 0.308. The van der Waals surface area contributed by atoms with Crippen molar-refractivity contribution in [2.75, 3.05) is 0 Å². The van der Waals surface area contributed by atoms with E-state index in [1.54, 1.807) is 0 Å². The molecule has 0 aliphatic heterocycles. The summed E-state index contributed by atoms with van der Waals surface area (Å²) in [5.41, 5.74) is 8.37. The first-order valence-corrected chi connectivity index (χ1v) is 7.72. The fourth-order valence-corrected chi connectivity index (χ4v) is 2.52. The SMILES string of the molecule is CCC(N)Cc1ccc(Br)cc1-n1cc(I)cn1. The van der Waals surface area contributed by atoms with Crippen LogP contribution in [0.5, 0.6) is 0 Å². The van der Waals surface area contributed by atoms with E-state index in [0.717, 1.165) is 26.6 Å². The highest BCUT2D eigenvalue weighted by atomic mass is 127. The zero-order valence-corrected chi connectivity index (χ0v) is 13.8. The number of aromatic nitrogens is 2. The predicted octanol–water partition coefficient (Wildman–Crippen LogP) is 3.52. The number of rotatable bonds is 4. The van der Waals surface area contributed by atoms with Crippen molar-refractivity contribution >= 4 is 38.5 Å². The summed E-state index contributed by atoms with van der Waals surface area (Å²) in [4.78, 5) is 0. The number of hydrogen-bond acceptors (Lipinski definition) is 2. The van der Waals surface area contributed by atoms with Crippen LogP contribution in [0.15, 0.2) is 35.1 Å². The number of hydrogen-bond donors (Lipinski definition) is 1. The minimum Gasteiger partial charge on any atom is -0.327 e. The van der Waals surface area contributed by atoms with Gasteiger partial charge in [-0.15, -0.1) is 0 Å². The maximum absolute atomic E-state index is 6.05. The molecule has 0 fully saturated rings. The summed E-state index contributed by atoms with van der Waals surface area (Å²) in [7, 11) is 0. The maximum atomic E-state index is 6.05. The maximum Gasteiger partial charge on any atom is 0.0689 e. The number of halogens is 2. The second-order valence-electron chi connectivity index (χ2n) is 4.25. The van der Waals surface area contributed by atoms with Gasteiger partial charge in [0.2, 0.25) is 0 Å². The molecule has 0 saturated carbocycles. The second kappa shape index (κ2) is 6.16. The lowest BCUT2D eigenvalue weighted by atomic mass is 10.0. The van der Waals surface area contributed by atoms with Crippen molar-refractivity contribution in [1.29, 1.82) is 0 Å². The van der Waals surface area contributed by atoms with E-state index in [4.69, 9.17) is 5.73 Å². The molecule has 0 spiro atoms. The van der Waals surface area contributed by atoms with Crippen LogP contribution in [-0.2, 0) is 6.42 Å². The van der Waals surface area contributed by atoms with E-state index in [9.17, 15) is 0 Å². The third-order valence-electron chi connectivity index (χ3n) is 2.85. The monoisotopic (exact) mass is 419 g/mol. The molecule has 1 heterocycles. The number of nitrogens with two attached hydrogens (primary N) is 1. The van der Waals surface area contributed by atoms with E-state index in [1.807, 2.05) is 17.1 Å². The van der Waals surface area contributed by atoms with E-state index in [1.165, 1.54) is 5.56 Å². The topological polar surface area (TPSA) is 43.8 Å². The lowest BCUT2D eigenvalue weighted by Gasteiger charge is -2.13. The van der Waals surface area contributed by atoms with Gasteiger partial charge in [0.25, 0.3) is 0 Å². The Morgan fingerprint density at radius 1 is 1.50 bits per heavy atom. The van der Waals surface area contributed by atoms with Crippen LogP contribution in [0.3, 0.4) is 0 Å². The van der Waals surface area contributed by atoms with Gasteiger partial charge in [-0.3, -0.25) is 0 Å². The Labute approximate surface area is 129 Å². The van der Waals surface area contributed by atoms with E-state index in [2.05, 4.69) is 68.7 Å². The second-order valence-corrected chi connectivity index (χ2v) is 6.41. The summed E-state index contributed by atoms with van der Waals surface area (Å²) in [6.07, 6.45) is 5.72. The molecule has 0 saturated heterocycles. The number of nitrogens with zero attached hydrogens (tertiary/aromatic N) is 2. The number of benzene rings is 1. The van der Waals surface area contributed by atoms with Gasteiger partial charge in [-0.05, 0) is 53.1 Å². The van der Waals surface area contributed by atoms with E-state index >= 15 is 0 Å². The van der Waals surface area contributed by atoms with Crippen molar-refractivity contribution in [3.8, 4) is 5.69 Å². The highest BCUT2D eigenvalue weighted by Crippen LogP contribution is 2.22. The standard InChI is InChI=1S/C13H15BrIN3/c1-2-12(16)5-9-3-4-10(14)6-13(9)18-8-11(15)7-17-18/h3-4,6-8,12H,2,5,16H2,1H3. The van der Waals surface area contributed by atoms with Gasteiger partial charge in [0.05, 0.1) is 15.5 Å². The smallest absolute Gasteiger partial charge is 0.0689 e. The van der Waals surface area contributed by atoms with Gasteiger partial charge in [-0.2, -0.15) is 5.10 Å². The van der Waals surface area contributed by atoms with Crippen molar-refractivity contribution in [1.82, 2.24) is 9.78 Å². The quantitative estimate of drug-likeness (QED) is 0.770. The molecular formula is C13H15BrIN3. The molecule has 1 aromatic heterocycles. The van der Waals surface area contributed by atoms with Crippen LogP contribution in [0, 0.1) is 3.57 Å². The molecule has 2 N–H and O–H groups in total. The Bertz CT molecular complexity index is 539. The zero-order valence-electron chi connectivity index (χ0n) is 10.1. The molecule has 1 atom stereocenters. The predicted molar refractivity (Wildman–Crippen MR) is 86.0 cm³/mol. The summed E-state index contributed by atoms with van der Waals surface area (Å²) >= 11 is 5.77. The molecule has 0 bridgehead atoms. The molecule has 2 aromatic rings. The van der Waals surface area contributed by atoms with Gasteiger partial charge in [0.15, 0.2) is 0 Å². The Morgan fingerprint density at radius 3 is 2.89 bits per heavy atom. The van der Waals surface area contributed by atoms with Gasteiger partial charge < -0.3 is 5.73 Å². The summed E-state index contributed by atoms with van der Waals surface area (Å²) in [5.74, 6) is 0. The lowest BCUT2D eigenvalue weighted by molar-refractivity contribution is 0.642. The van der Waals surface area contributed by atoms with E-state index in [0.29, 0.717) is 0 Å². The summed E-state index contributed by atoms with van der Waals surface area (Å²) in [6, 6.07) is 6.44. The first kappa shape index (κ1) is 14.0. The fourth-order valence-electron chi connectivity index (χ4n) is 1.78. The van der Waals surface area contributed by atoms with Gasteiger partial charge in [-0.1, -0.05) is 28.9 Å². The minimum atomic E-state index is 0.194. The van der Waals surface area contributed by atoms with Crippen LogP contribution < -0.4 is 5.73 Å². The van der Waals surface area contributed by atoms with Crippen LogP contribution in [0.25, 0.3) is 5.69 Å². The summed E-state index contributed by atoms with van der Waals surface area (Å²) in [5, 5.41) is 4.37. The first-order chi connectivity index (χ1) is 8.60. The van der Waals surface area contributed by atoms with Crippen molar-refractivity contribution in [3.05, 3.63) is 44.2 Å². The Kier molecular flexibility index (Phi) is 4.80. The average Bonchev–Trinajstić information content (AvgIpc) is 2.78. The van der Waals surface area contributed by atoms with Crippen LogP contribution in [0.2, 0.25) is 0 Å². The lowest BCUT2D eigenvalue weighted by Crippen LogP contribution is -2.22. The molecule has 0 radical (unpaired) electrons. The molecular weight excluding hydrogens is 405 g/mol. The Morgan fingerprint density at radius 2 is 2.28 bits per heavy atom. The highest BCUT2D eigenvalue weighted by molar-refractivity contribution is 14.1. The molecule has 0 aliphatic rings. The van der Waals surface area contributed by atoms with Crippen LogP contribution in [0.4, 0.5) is 0 Å². The zero-order chi connectivity index (χ0) is 13.1. The van der Waals surface area contributed by atoms with Crippen molar-refractivity contribution in [2.24, 2.45) is 5.73 Å². The van der Waals surface area contributed by atoms with Crippen molar-refractivity contribution in [2.45, 2.75) is 25.8 Å². The molecule has 2 rings (SSSR count). The third kappa shape index (κ3) is 3.33. The molecule has 5 heteroatoms. The van der Waals surface area contributed by atoms with Gasteiger partial charge in [0, 0.05) is 16.7 Å². The first-order valence-electron chi connectivity index (χ1n) is 5.84. The summed E-state index contributed by atoms with van der Waals surface area (Å²) in [6.45, 7) is 2.11. The van der Waals surface area contributed by atoms with E-state index < -0.39 is 0 Å².